The van der Waals surface area contributed by atoms with Crippen molar-refractivity contribution in [1.29, 1.82) is 0 Å². The van der Waals surface area contributed by atoms with Gasteiger partial charge in [0.15, 0.2) is 0 Å². The van der Waals surface area contributed by atoms with Crippen molar-refractivity contribution in [3.8, 4) is 0 Å². The SMILES string of the molecule is FC(F)(F)N(C(F)(F)F)C(C(F)(F)F)(C(F)(F)F)C(F)(F)C(F)(F)C(F)(F)F. The second-order valence-electron chi connectivity index (χ2n) is 4.62. The Morgan fingerprint density at radius 2 is 0.571 bits per heavy atom. The summed E-state index contributed by atoms with van der Waals surface area (Å²) in [4.78, 5) is -5.09. The summed E-state index contributed by atoms with van der Waals surface area (Å²) in [6.45, 7) is 0. The van der Waals surface area contributed by atoms with Crippen LogP contribution in [0, 0.1) is 0 Å². The molecule has 0 heterocycles. The van der Waals surface area contributed by atoms with Gasteiger partial charge in [0.25, 0.3) is 5.54 Å². The molecule has 170 valence electrons. The predicted octanol–water partition coefficient (Wildman–Crippen LogP) is 6.02. The Kier molecular flexibility index (Phi) is 6.00. The molecule has 0 atom stereocenters. The van der Waals surface area contributed by atoms with Crippen molar-refractivity contribution >= 4 is 0 Å². The van der Waals surface area contributed by atoms with Gasteiger partial charge in [-0.15, -0.1) is 0 Å². The summed E-state index contributed by atoms with van der Waals surface area (Å²) in [6, 6.07) is 0. The number of halogens is 19. The van der Waals surface area contributed by atoms with E-state index in [9.17, 15) is 83.4 Å². The highest BCUT2D eigenvalue weighted by Crippen LogP contribution is 2.65. The van der Waals surface area contributed by atoms with Crippen LogP contribution < -0.4 is 0 Å². The van der Waals surface area contributed by atoms with E-state index in [-0.39, 0.29) is 0 Å². The van der Waals surface area contributed by atoms with Gasteiger partial charge in [-0.2, -0.15) is 83.4 Å². The first-order valence-corrected chi connectivity index (χ1v) is 5.51. The first-order valence-electron chi connectivity index (χ1n) is 5.51. The molecule has 0 aromatic rings. The van der Waals surface area contributed by atoms with Gasteiger partial charge in [0, 0.05) is 0 Å². The number of hydrogen-bond acceptors (Lipinski definition) is 1. The summed E-state index contributed by atoms with van der Waals surface area (Å²) in [6.07, 6.45) is -42.0. The van der Waals surface area contributed by atoms with E-state index >= 15 is 0 Å². The quantitative estimate of drug-likeness (QED) is 0.360. The molecule has 0 aromatic heterocycles. The number of alkyl halides is 19. The molecule has 0 amide bonds. The number of nitrogens with zero attached hydrogens (tertiary/aromatic N) is 1. The second kappa shape index (κ2) is 6.31. The molecule has 0 bridgehead atoms. The van der Waals surface area contributed by atoms with Crippen LogP contribution in [0.25, 0.3) is 0 Å². The Morgan fingerprint density at radius 1 is 0.321 bits per heavy atom. The molecule has 0 fully saturated rings. The summed E-state index contributed by atoms with van der Waals surface area (Å²) >= 11 is 0. The fourth-order valence-corrected chi connectivity index (χ4v) is 1.84. The van der Waals surface area contributed by atoms with Gasteiger partial charge in [-0.1, -0.05) is 4.90 Å². The van der Waals surface area contributed by atoms with Crippen LogP contribution in [0.2, 0.25) is 0 Å². The maximum atomic E-state index is 13.4. The lowest BCUT2D eigenvalue weighted by Gasteiger charge is -2.50. The van der Waals surface area contributed by atoms with E-state index in [0.717, 1.165) is 0 Å². The van der Waals surface area contributed by atoms with Crippen LogP contribution in [0.15, 0.2) is 0 Å². The standard InChI is InChI=1S/C8F19N/c9-2(10,3(11,12)6(19,20)21)1(4(13,14)15,5(16,17)18)28(7(22,23)24)8(25,26)27. The van der Waals surface area contributed by atoms with Crippen molar-refractivity contribution < 1.29 is 83.4 Å². The molecule has 0 rings (SSSR count). The van der Waals surface area contributed by atoms with E-state index in [1.54, 1.807) is 0 Å². The van der Waals surface area contributed by atoms with Gasteiger partial charge in [0.1, 0.15) is 0 Å². The first-order chi connectivity index (χ1) is 11.6. The van der Waals surface area contributed by atoms with Gasteiger partial charge in [0.2, 0.25) is 0 Å². The van der Waals surface area contributed by atoms with Crippen LogP contribution in [0.3, 0.4) is 0 Å². The van der Waals surface area contributed by atoms with Gasteiger partial charge < -0.3 is 0 Å². The highest BCUT2D eigenvalue weighted by atomic mass is 19.4. The van der Waals surface area contributed by atoms with Gasteiger partial charge in [-0.3, -0.25) is 0 Å². The van der Waals surface area contributed by atoms with E-state index in [1.807, 2.05) is 0 Å². The highest BCUT2D eigenvalue weighted by Gasteiger charge is 2.98. The molecule has 0 aliphatic heterocycles. The van der Waals surface area contributed by atoms with Crippen molar-refractivity contribution in [2.24, 2.45) is 0 Å². The van der Waals surface area contributed by atoms with E-state index in [4.69, 9.17) is 0 Å². The molecule has 0 radical (unpaired) electrons. The third-order valence-corrected chi connectivity index (χ3v) is 2.87. The summed E-state index contributed by atoms with van der Waals surface area (Å²) in [5.41, 5.74) is -9.12. The Balaban J connectivity index is 7.80. The lowest BCUT2D eigenvalue weighted by Crippen LogP contribution is -2.84. The van der Waals surface area contributed by atoms with Crippen molar-refractivity contribution in [1.82, 2.24) is 4.90 Å². The molecule has 1 nitrogen and oxygen atoms in total. The molecule has 28 heavy (non-hydrogen) atoms. The van der Waals surface area contributed by atoms with Crippen molar-refractivity contribution in [3.05, 3.63) is 0 Å². The van der Waals surface area contributed by atoms with Crippen molar-refractivity contribution in [3.63, 3.8) is 0 Å². The van der Waals surface area contributed by atoms with E-state index in [2.05, 4.69) is 0 Å². The third-order valence-electron chi connectivity index (χ3n) is 2.87. The molecule has 0 saturated carbocycles. The topological polar surface area (TPSA) is 3.24 Å². The Hall–Kier alpha value is -1.37. The zero-order valence-corrected chi connectivity index (χ0v) is 11.6. The number of rotatable bonds is 3. The minimum atomic E-state index is -9.13. The zero-order chi connectivity index (χ0) is 23.6. The Labute approximate surface area is 138 Å². The zero-order valence-electron chi connectivity index (χ0n) is 11.6. The monoisotopic (exact) mass is 471 g/mol. The van der Waals surface area contributed by atoms with Gasteiger partial charge in [-0.05, 0) is 0 Å². The van der Waals surface area contributed by atoms with Gasteiger partial charge >= 0.3 is 43.0 Å². The van der Waals surface area contributed by atoms with Crippen LogP contribution in [0.4, 0.5) is 83.4 Å². The van der Waals surface area contributed by atoms with Crippen LogP contribution in [0.1, 0.15) is 0 Å². The third kappa shape index (κ3) is 3.62. The maximum Gasteiger partial charge on any atom is 0.468 e. The van der Waals surface area contributed by atoms with E-state index in [1.165, 1.54) is 0 Å². The lowest BCUT2D eigenvalue weighted by molar-refractivity contribution is -0.522. The minimum absolute atomic E-state index is 5.09. The number of hydrogen-bond donors (Lipinski definition) is 0. The molecule has 0 N–H and O–H groups in total. The minimum Gasteiger partial charge on any atom is -0.196 e. The summed E-state index contributed by atoms with van der Waals surface area (Å²) < 4.78 is 238. The second-order valence-corrected chi connectivity index (χ2v) is 4.62. The summed E-state index contributed by atoms with van der Waals surface area (Å²) in [5.74, 6) is -17.8. The molecule has 0 aromatic carbocycles. The van der Waals surface area contributed by atoms with Crippen LogP contribution in [-0.2, 0) is 0 Å². The van der Waals surface area contributed by atoms with Crippen LogP contribution >= 0.6 is 0 Å². The van der Waals surface area contributed by atoms with Crippen molar-refractivity contribution in [2.75, 3.05) is 0 Å². The fourth-order valence-electron chi connectivity index (χ4n) is 1.84. The Bertz CT molecular complexity index is 523. The summed E-state index contributed by atoms with van der Waals surface area (Å²) in [5, 5.41) is 0. The molecule has 20 heteroatoms. The average molecular weight is 471 g/mol. The highest BCUT2D eigenvalue weighted by molar-refractivity contribution is 5.19. The van der Waals surface area contributed by atoms with Crippen LogP contribution in [-0.4, -0.2) is 53.4 Å². The lowest BCUT2D eigenvalue weighted by atomic mass is 9.83. The molecular formula is C8F19N. The largest absolute Gasteiger partial charge is 0.468 e. The molecule has 0 saturated heterocycles. The summed E-state index contributed by atoms with van der Waals surface area (Å²) in [7, 11) is 0. The fraction of sp³-hybridized carbons (Fsp3) is 1.00. The van der Waals surface area contributed by atoms with Crippen LogP contribution in [0.5, 0.6) is 0 Å². The van der Waals surface area contributed by atoms with Gasteiger partial charge in [0.05, 0.1) is 0 Å². The molecule has 0 aliphatic carbocycles. The van der Waals surface area contributed by atoms with Crippen molar-refractivity contribution in [2.45, 2.75) is 48.5 Å². The van der Waals surface area contributed by atoms with E-state index < -0.39 is 53.4 Å². The smallest absolute Gasteiger partial charge is 0.196 e. The maximum absolute atomic E-state index is 13.4. The molecular weight excluding hydrogens is 471 g/mol. The normalized spacial score (nSPS) is 16.7. The Morgan fingerprint density at radius 3 is 0.714 bits per heavy atom. The average Bonchev–Trinajstić information content (AvgIpc) is 2.26. The molecule has 0 unspecified atom stereocenters. The molecule has 0 spiro atoms. The predicted molar refractivity (Wildman–Crippen MR) is 44.7 cm³/mol. The van der Waals surface area contributed by atoms with E-state index in [0.29, 0.717) is 0 Å². The first kappa shape index (κ1) is 26.6. The van der Waals surface area contributed by atoms with Gasteiger partial charge in [-0.25, -0.2) is 0 Å². The molecule has 0 aliphatic rings.